The summed E-state index contributed by atoms with van der Waals surface area (Å²) in [6.07, 6.45) is 2.68. The van der Waals surface area contributed by atoms with Crippen LogP contribution in [0, 0.1) is 11.3 Å². The van der Waals surface area contributed by atoms with Crippen molar-refractivity contribution in [1.82, 2.24) is 0 Å². The normalized spacial score (nSPS) is 37.6. The number of aryl methyl sites for hydroxylation is 1. The molecular formula is C16H19NO2. The van der Waals surface area contributed by atoms with Crippen LogP contribution in [-0.2, 0) is 16.6 Å². The molecule has 1 fully saturated rings. The van der Waals surface area contributed by atoms with Crippen molar-refractivity contribution in [1.29, 1.82) is 5.26 Å². The highest BCUT2D eigenvalue weighted by Gasteiger charge is 2.56. The summed E-state index contributed by atoms with van der Waals surface area (Å²) in [7, 11) is 0. The summed E-state index contributed by atoms with van der Waals surface area (Å²) < 4.78 is 5.54. The van der Waals surface area contributed by atoms with Crippen molar-refractivity contribution < 1.29 is 9.84 Å². The van der Waals surface area contributed by atoms with Crippen molar-refractivity contribution in [3.63, 3.8) is 0 Å². The van der Waals surface area contributed by atoms with Crippen molar-refractivity contribution in [2.75, 3.05) is 6.61 Å². The molecule has 0 saturated carbocycles. The van der Waals surface area contributed by atoms with Gasteiger partial charge in [0.25, 0.3) is 0 Å². The molecule has 1 aromatic carbocycles. The van der Waals surface area contributed by atoms with Crippen LogP contribution in [0.4, 0.5) is 0 Å². The van der Waals surface area contributed by atoms with Gasteiger partial charge < -0.3 is 9.84 Å². The number of rotatable bonds is 1. The third-order valence-corrected chi connectivity index (χ3v) is 4.77. The fourth-order valence-corrected chi connectivity index (χ4v) is 3.77. The number of benzene rings is 1. The molecule has 2 aliphatic rings. The fraction of sp³-hybridized carbons (Fsp3) is 0.562. The molecule has 3 heteroatoms. The minimum absolute atomic E-state index is 0.0109. The Morgan fingerprint density at radius 1 is 1.37 bits per heavy atom. The maximum absolute atomic E-state index is 11.1. The number of hydrogen-bond donors (Lipinski definition) is 1. The van der Waals surface area contributed by atoms with Gasteiger partial charge in [0.2, 0.25) is 0 Å². The third-order valence-electron chi connectivity index (χ3n) is 4.77. The fourth-order valence-electron chi connectivity index (χ4n) is 3.77. The summed E-state index contributed by atoms with van der Waals surface area (Å²) in [5.74, 6) is 0. The molecule has 0 spiro atoms. The van der Waals surface area contributed by atoms with Crippen LogP contribution in [0.25, 0.3) is 0 Å². The van der Waals surface area contributed by atoms with E-state index in [1.54, 1.807) is 0 Å². The molecule has 1 aromatic rings. The molecular weight excluding hydrogens is 238 g/mol. The predicted molar refractivity (Wildman–Crippen MR) is 71.7 cm³/mol. The van der Waals surface area contributed by atoms with E-state index in [2.05, 4.69) is 12.1 Å². The summed E-state index contributed by atoms with van der Waals surface area (Å²) in [4.78, 5) is 0. The van der Waals surface area contributed by atoms with E-state index in [9.17, 15) is 10.4 Å². The SMILES string of the molecule is CC1CC(O)(C2(C#N)CCc3ccccc32)CCO1. The van der Waals surface area contributed by atoms with Crippen LogP contribution in [-0.4, -0.2) is 23.4 Å². The van der Waals surface area contributed by atoms with Gasteiger partial charge in [-0.3, -0.25) is 0 Å². The van der Waals surface area contributed by atoms with Crippen LogP contribution in [0.1, 0.15) is 37.3 Å². The zero-order chi connectivity index (χ0) is 13.5. The van der Waals surface area contributed by atoms with E-state index in [0.29, 0.717) is 25.9 Å². The Balaban J connectivity index is 2.09. The second-order valence-electron chi connectivity index (χ2n) is 5.84. The molecule has 100 valence electrons. The summed E-state index contributed by atoms with van der Waals surface area (Å²) in [5.41, 5.74) is 0.499. The van der Waals surface area contributed by atoms with E-state index in [0.717, 1.165) is 12.0 Å². The van der Waals surface area contributed by atoms with E-state index in [1.807, 2.05) is 25.1 Å². The van der Waals surface area contributed by atoms with E-state index in [-0.39, 0.29) is 6.10 Å². The summed E-state index contributed by atoms with van der Waals surface area (Å²) >= 11 is 0. The van der Waals surface area contributed by atoms with E-state index in [4.69, 9.17) is 4.74 Å². The first-order valence-electron chi connectivity index (χ1n) is 6.95. The highest BCUT2D eigenvalue weighted by Crippen LogP contribution is 2.50. The van der Waals surface area contributed by atoms with E-state index < -0.39 is 11.0 Å². The molecule has 19 heavy (non-hydrogen) atoms. The average molecular weight is 257 g/mol. The Morgan fingerprint density at radius 2 is 2.16 bits per heavy atom. The first-order valence-corrected chi connectivity index (χ1v) is 6.95. The van der Waals surface area contributed by atoms with Gasteiger partial charge in [-0.05, 0) is 30.9 Å². The summed E-state index contributed by atoms with van der Waals surface area (Å²) in [6.45, 7) is 2.50. The maximum Gasteiger partial charge on any atom is 0.112 e. The first kappa shape index (κ1) is 12.7. The lowest BCUT2D eigenvalue weighted by atomic mass is 9.64. The lowest BCUT2D eigenvalue weighted by molar-refractivity contribution is -0.125. The van der Waals surface area contributed by atoms with Gasteiger partial charge in [0.05, 0.1) is 17.8 Å². The smallest absolute Gasteiger partial charge is 0.112 e. The van der Waals surface area contributed by atoms with Gasteiger partial charge in [-0.1, -0.05) is 24.3 Å². The molecule has 0 radical (unpaired) electrons. The molecule has 3 unspecified atom stereocenters. The molecule has 0 bridgehead atoms. The zero-order valence-corrected chi connectivity index (χ0v) is 11.2. The Morgan fingerprint density at radius 3 is 2.89 bits per heavy atom. The topological polar surface area (TPSA) is 53.2 Å². The average Bonchev–Trinajstić information content (AvgIpc) is 2.79. The van der Waals surface area contributed by atoms with Crippen LogP contribution in [0.5, 0.6) is 0 Å². The van der Waals surface area contributed by atoms with Gasteiger partial charge in [-0.2, -0.15) is 5.26 Å². The number of aliphatic hydroxyl groups is 1. The van der Waals surface area contributed by atoms with Crippen LogP contribution < -0.4 is 0 Å². The second-order valence-corrected chi connectivity index (χ2v) is 5.84. The zero-order valence-electron chi connectivity index (χ0n) is 11.2. The molecule has 1 N–H and O–H groups in total. The summed E-state index contributed by atoms with van der Waals surface area (Å²) in [5, 5.41) is 21.0. The Kier molecular flexibility index (Phi) is 2.88. The number of ether oxygens (including phenoxy) is 1. The molecule has 3 atom stereocenters. The number of nitriles is 1. The maximum atomic E-state index is 11.1. The van der Waals surface area contributed by atoms with Crippen LogP contribution in [0.2, 0.25) is 0 Å². The lowest BCUT2D eigenvalue weighted by Crippen LogP contribution is -2.54. The first-order chi connectivity index (χ1) is 9.11. The molecule has 1 saturated heterocycles. The van der Waals surface area contributed by atoms with Crippen molar-refractivity contribution >= 4 is 0 Å². The van der Waals surface area contributed by atoms with E-state index >= 15 is 0 Å². The highest BCUT2D eigenvalue weighted by atomic mass is 16.5. The van der Waals surface area contributed by atoms with Crippen molar-refractivity contribution in [2.24, 2.45) is 0 Å². The minimum atomic E-state index is -0.966. The quantitative estimate of drug-likeness (QED) is 0.840. The van der Waals surface area contributed by atoms with Gasteiger partial charge in [0, 0.05) is 19.4 Å². The van der Waals surface area contributed by atoms with Crippen molar-refractivity contribution in [3.05, 3.63) is 35.4 Å². The predicted octanol–water partition coefficient (Wildman–Crippen LogP) is 2.32. The second kappa shape index (κ2) is 4.33. The largest absolute Gasteiger partial charge is 0.388 e. The molecule has 0 amide bonds. The van der Waals surface area contributed by atoms with Gasteiger partial charge >= 0.3 is 0 Å². The Labute approximate surface area is 113 Å². The van der Waals surface area contributed by atoms with Crippen molar-refractivity contribution in [2.45, 2.75) is 49.7 Å². The Bertz CT molecular complexity index is 536. The molecule has 0 aromatic heterocycles. The van der Waals surface area contributed by atoms with Gasteiger partial charge in [-0.15, -0.1) is 0 Å². The highest BCUT2D eigenvalue weighted by molar-refractivity contribution is 5.47. The third kappa shape index (κ3) is 1.71. The number of nitrogens with zero attached hydrogens (tertiary/aromatic N) is 1. The minimum Gasteiger partial charge on any atom is -0.388 e. The van der Waals surface area contributed by atoms with Crippen LogP contribution in [0.15, 0.2) is 24.3 Å². The standard InChI is InChI=1S/C16H19NO2/c1-12-10-16(18,8-9-19-12)15(11-17)7-6-13-4-2-3-5-14(13)15/h2-5,12,18H,6-10H2,1H3. The molecule has 1 aliphatic heterocycles. The van der Waals surface area contributed by atoms with Gasteiger partial charge in [0.1, 0.15) is 5.41 Å². The number of hydrogen-bond acceptors (Lipinski definition) is 3. The van der Waals surface area contributed by atoms with E-state index in [1.165, 1.54) is 5.56 Å². The number of fused-ring (bicyclic) bond motifs is 1. The van der Waals surface area contributed by atoms with Gasteiger partial charge in [0.15, 0.2) is 0 Å². The van der Waals surface area contributed by atoms with Crippen LogP contribution in [0.3, 0.4) is 0 Å². The molecule has 1 aliphatic carbocycles. The molecule has 3 nitrogen and oxygen atoms in total. The van der Waals surface area contributed by atoms with Crippen LogP contribution >= 0.6 is 0 Å². The lowest BCUT2D eigenvalue weighted by Gasteiger charge is -2.45. The summed E-state index contributed by atoms with van der Waals surface area (Å²) in [6, 6.07) is 10.5. The van der Waals surface area contributed by atoms with Crippen molar-refractivity contribution in [3.8, 4) is 6.07 Å². The molecule has 1 heterocycles. The molecule has 3 rings (SSSR count). The monoisotopic (exact) mass is 257 g/mol. The van der Waals surface area contributed by atoms with Gasteiger partial charge in [-0.25, -0.2) is 0 Å². The Hall–Kier alpha value is -1.37.